The molecule has 0 bridgehead atoms. The van der Waals surface area contributed by atoms with Crippen LogP contribution >= 0.6 is 0 Å². The highest BCUT2D eigenvalue weighted by Gasteiger charge is 2.46. The number of benzene rings is 1. The second kappa shape index (κ2) is 6.87. The van der Waals surface area contributed by atoms with Gasteiger partial charge in [0.25, 0.3) is 11.6 Å². The summed E-state index contributed by atoms with van der Waals surface area (Å²) in [6.07, 6.45) is 1.13. The van der Waals surface area contributed by atoms with E-state index >= 15 is 0 Å². The molecule has 1 aromatic rings. The van der Waals surface area contributed by atoms with E-state index in [1.54, 1.807) is 0 Å². The van der Waals surface area contributed by atoms with Crippen molar-refractivity contribution in [1.82, 2.24) is 4.90 Å². The Morgan fingerprint density at radius 3 is 2.64 bits per heavy atom. The number of hydrogen-bond acceptors (Lipinski definition) is 3. The summed E-state index contributed by atoms with van der Waals surface area (Å²) in [6.45, 7) is 1.87. The fraction of sp³-hybridized carbons (Fsp3) is 0.500. The Morgan fingerprint density at radius 1 is 1.41 bits per heavy atom. The topological polar surface area (TPSA) is 66.8 Å². The van der Waals surface area contributed by atoms with Crippen LogP contribution in [0, 0.1) is 0 Å². The van der Waals surface area contributed by atoms with Crippen LogP contribution in [-0.4, -0.2) is 53.4 Å². The van der Waals surface area contributed by atoms with Crippen molar-refractivity contribution in [3.05, 3.63) is 35.9 Å². The minimum atomic E-state index is -2.92. The van der Waals surface area contributed by atoms with Gasteiger partial charge in [-0.2, -0.15) is 0 Å². The number of nitrogens with zero attached hydrogens (tertiary/aromatic N) is 1. The van der Waals surface area contributed by atoms with Gasteiger partial charge in [0.2, 0.25) is 0 Å². The largest absolute Gasteiger partial charge is 0.478 e. The van der Waals surface area contributed by atoms with E-state index in [0.29, 0.717) is 26.1 Å². The maximum atomic E-state index is 14.2. The smallest absolute Gasteiger partial charge is 0.351 e. The third-order valence-corrected chi connectivity index (χ3v) is 3.89. The highest BCUT2D eigenvalue weighted by Crippen LogP contribution is 2.21. The number of carbonyl (C=O) groups excluding carboxylic acids is 1. The van der Waals surface area contributed by atoms with Crippen molar-refractivity contribution >= 4 is 11.9 Å². The third-order valence-electron chi connectivity index (χ3n) is 3.89. The molecule has 0 spiro atoms. The normalized spacial score (nSPS) is 20.4. The van der Waals surface area contributed by atoms with E-state index in [0.717, 1.165) is 12.5 Å². The lowest BCUT2D eigenvalue weighted by Gasteiger charge is -2.31. The number of carboxylic acid groups (broad SMARTS) is 1. The van der Waals surface area contributed by atoms with Crippen LogP contribution in [0.3, 0.4) is 0 Å². The number of amides is 1. The monoisotopic (exact) mass is 309 g/mol. The Morgan fingerprint density at radius 2 is 2.09 bits per heavy atom. The fourth-order valence-electron chi connectivity index (χ4n) is 2.47. The zero-order chi connectivity index (χ0) is 16.2. The number of ether oxygens (including phenoxy) is 1. The maximum Gasteiger partial charge on any atom is 0.351 e. The molecule has 1 fully saturated rings. The van der Waals surface area contributed by atoms with Gasteiger partial charge < -0.3 is 14.7 Å². The summed E-state index contributed by atoms with van der Waals surface area (Å²) in [5.74, 6) is -2.77. The molecule has 120 valence electrons. The van der Waals surface area contributed by atoms with E-state index in [2.05, 4.69) is 0 Å². The van der Waals surface area contributed by atoms with E-state index in [9.17, 15) is 14.0 Å². The molecule has 1 N–H and O–H groups in total. The SMILES string of the molecule is CC(F)(C(=O)O)C(=O)N(CCc1ccccc1)C1CCOC1. The predicted molar refractivity (Wildman–Crippen MR) is 78.2 cm³/mol. The van der Waals surface area contributed by atoms with Crippen molar-refractivity contribution in [2.75, 3.05) is 19.8 Å². The fourth-order valence-corrected chi connectivity index (χ4v) is 2.47. The van der Waals surface area contributed by atoms with Crippen LogP contribution in [-0.2, 0) is 20.7 Å². The minimum absolute atomic E-state index is 0.268. The Hall–Kier alpha value is -1.95. The summed E-state index contributed by atoms with van der Waals surface area (Å²) < 4.78 is 19.5. The summed E-state index contributed by atoms with van der Waals surface area (Å²) in [4.78, 5) is 24.6. The molecule has 0 aliphatic carbocycles. The molecule has 1 aliphatic rings. The zero-order valence-electron chi connectivity index (χ0n) is 12.5. The standard InChI is InChI=1S/C16H20FNO4/c1-16(17,15(20)21)14(19)18(13-8-10-22-11-13)9-7-12-5-3-2-4-6-12/h2-6,13H,7-11H2,1H3,(H,20,21). The van der Waals surface area contributed by atoms with Crippen LogP contribution in [0.2, 0.25) is 0 Å². The number of hydrogen-bond donors (Lipinski definition) is 1. The molecule has 1 saturated heterocycles. The van der Waals surface area contributed by atoms with E-state index in [4.69, 9.17) is 9.84 Å². The van der Waals surface area contributed by atoms with E-state index < -0.39 is 17.5 Å². The van der Waals surface area contributed by atoms with Crippen LogP contribution in [0.1, 0.15) is 18.9 Å². The molecule has 0 radical (unpaired) electrons. The minimum Gasteiger partial charge on any atom is -0.478 e. The number of carbonyl (C=O) groups is 2. The number of rotatable bonds is 6. The second-order valence-corrected chi connectivity index (χ2v) is 5.56. The summed E-state index contributed by atoms with van der Waals surface area (Å²) in [7, 11) is 0. The molecule has 1 aliphatic heterocycles. The van der Waals surface area contributed by atoms with Crippen molar-refractivity contribution in [2.24, 2.45) is 0 Å². The molecular formula is C16H20FNO4. The first-order chi connectivity index (χ1) is 10.4. The van der Waals surface area contributed by atoms with Gasteiger partial charge in [0.15, 0.2) is 0 Å². The molecule has 5 nitrogen and oxygen atoms in total. The predicted octanol–water partition coefficient (Wildman–Crippen LogP) is 1.66. The molecule has 0 aromatic heterocycles. The van der Waals surface area contributed by atoms with Crippen LogP contribution in [0.15, 0.2) is 30.3 Å². The molecule has 0 saturated carbocycles. The highest BCUT2D eigenvalue weighted by atomic mass is 19.1. The average molecular weight is 309 g/mol. The van der Waals surface area contributed by atoms with E-state index in [-0.39, 0.29) is 12.6 Å². The van der Waals surface area contributed by atoms with Gasteiger partial charge in [-0.15, -0.1) is 0 Å². The van der Waals surface area contributed by atoms with Gasteiger partial charge in [0.1, 0.15) is 0 Å². The van der Waals surface area contributed by atoms with Gasteiger partial charge >= 0.3 is 5.97 Å². The number of halogens is 1. The molecular weight excluding hydrogens is 289 g/mol. The third kappa shape index (κ3) is 3.62. The number of aliphatic carboxylic acids is 1. The van der Waals surface area contributed by atoms with Gasteiger partial charge in [-0.3, -0.25) is 4.79 Å². The zero-order valence-corrected chi connectivity index (χ0v) is 12.5. The summed E-state index contributed by atoms with van der Waals surface area (Å²) in [6, 6.07) is 9.22. The molecule has 1 heterocycles. The van der Waals surface area contributed by atoms with E-state index in [1.807, 2.05) is 30.3 Å². The number of carboxylic acids is 1. The van der Waals surface area contributed by atoms with E-state index in [1.165, 1.54) is 4.90 Å². The Bertz CT molecular complexity index is 526. The molecule has 22 heavy (non-hydrogen) atoms. The summed E-state index contributed by atoms with van der Waals surface area (Å²) in [5, 5.41) is 8.93. The molecule has 1 amide bonds. The Kier molecular flexibility index (Phi) is 5.13. The first kappa shape index (κ1) is 16.4. The molecule has 1 aromatic carbocycles. The quantitative estimate of drug-likeness (QED) is 0.812. The number of alkyl halides is 1. The molecule has 2 rings (SSSR count). The van der Waals surface area contributed by atoms with Gasteiger partial charge in [-0.05, 0) is 25.3 Å². The summed E-state index contributed by atoms with van der Waals surface area (Å²) >= 11 is 0. The molecule has 2 atom stereocenters. The van der Waals surface area contributed by atoms with Crippen LogP contribution < -0.4 is 0 Å². The summed E-state index contributed by atoms with van der Waals surface area (Å²) in [5.41, 5.74) is -1.91. The Labute approximate surface area is 128 Å². The van der Waals surface area contributed by atoms with Crippen LogP contribution in [0.4, 0.5) is 4.39 Å². The first-order valence-corrected chi connectivity index (χ1v) is 7.28. The lowest BCUT2D eigenvalue weighted by atomic mass is 10.0. The van der Waals surface area contributed by atoms with Gasteiger partial charge in [-0.25, -0.2) is 9.18 Å². The van der Waals surface area contributed by atoms with Crippen LogP contribution in [0.5, 0.6) is 0 Å². The van der Waals surface area contributed by atoms with Crippen molar-refractivity contribution in [3.8, 4) is 0 Å². The van der Waals surface area contributed by atoms with Crippen molar-refractivity contribution in [1.29, 1.82) is 0 Å². The van der Waals surface area contributed by atoms with Crippen molar-refractivity contribution in [3.63, 3.8) is 0 Å². The van der Waals surface area contributed by atoms with Crippen molar-refractivity contribution in [2.45, 2.75) is 31.5 Å². The lowest BCUT2D eigenvalue weighted by molar-refractivity contribution is -0.162. The first-order valence-electron chi connectivity index (χ1n) is 7.28. The molecule has 2 unspecified atom stereocenters. The average Bonchev–Trinajstić information content (AvgIpc) is 3.02. The van der Waals surface area contributed by atoms with Gasteiger partial charge in [0, 0.05) is 13.2 Å². The second-order valence-electron chi connectivity index (χ2n) is 5.56. The van der Waals surface area contributed by atoms with Crippen molar-refractivity contribution < 1.29 is 23.8 Å². The maximum absolute atomic E-state index is 14.2. The van der Waals surface area contributed by atoms with Gasteiger partial charge in [-0.1, -0.05) is 30.3 Å². The van der Waals surface area contributed by atoms with Crippen LogP contribution in [0.25, 0.3) is 0 Å². The lowest BCUT2D eigenvalue weighted by Crippen LogP contribution is -2.53. The Balaban J connectivity index is 2.12. The molecule has 6 heteroatoms. The van der Waals surface area contributed by atoms with Gasteiger partial charge in [0.05, 0.1) is 12.6 Å². The highest BCUT2D eigenvalue weighted by molar-refractivity contribution is 6.04.